The van der Waals surface area contributed by atoms with E-state index in [0.29, 0.717) is 0 Å². The van der Waals surface area contributed by atoms with Gasteiger partial charge in [-0.05, 0) is 48.7 Å². The smallest absolute Gasteiger partial charge is 0.138 e. The summed E-state index contributed by atoms with van der Waals surface area (Å²) in [6, 6.07) is 42.4. The predicted molar refractivity (Wildman–Crippen MR) is 139 cm³/mol. The van der Waals surface area contributed by atoms with Gasteiger partial charge in [-0.2, -0.15) is 0 Å². The van der Waals surface area contributed by atoms with Crippen LogP contribution < -0.4 is 4.90 Å². The van der Waals surface area contributed by atoms with Gasteiger partial charge in [0.2, 0.25) is 0 Å². The molecule has 1 heterocycles. The van der Waals surface area contributed by atoms with Crippen LogP contribution in [0.2, 0.25) is 0 Å². The van der Waals surface area contributed by atoms with E-state index in [4.69, 9.17) is 4.42 Å². The molecule has 2 nitrogen and oxygen atoms in total. The van der Waals surface area contributed by atoms with E-state index >= 15 is 0 Å². The third-order valence-electron chi connectivity index (χ3n) is 6.23. The standard InChI is InChI=1S/C31H23NO/c1-22-27-17-7-8-20-30(27)33-31(22)24-13-9-16-26(21-24)32(25-14-3-2-4-15-25)29-19-10-12-23-11-5-6-18-28(23)29/h2-21H,1H3. The first-order valence-corrected chi connectivity index (χ1v) is 11.2. The zero-order valence-corrected chi connectivity index (χ0v) is 18.4. The van der Waals surface area contributed by atoms with Gasteiger partial charge in [0.1, 0.15) is 11.3 Å². The summed E-state index contributed by atoms with van der Waals surface area (Å²) in [4.78, 5) is 2.32. The summed E-state index contributed by atoms with van der Waals surface area (Å²) in [5.41, 5.74) is 6.52. The van der Waals surface area contributed by atoms with E-state index in [9.17, 15) is 0 Å². The maximum absolute atomic E-state index is 6.28. The second-order valence-corrected chi connectivity index (χ2v) is 8.27. The molecule has 0 spiro atoms. The Morgan fingerprint density at radius 1 is 0.576 bits per heavy atom. The molecule has 0 saturated heterocycles. The van der Waals surface area contributed by atoms with E-state index < -0.39 is 0 Å². The van der Waals surface area contributed by atoms with E-state index in [2.05, 4.69) is 121 Å². The maximum atomic E-state index is 6.28. The SMILES string of the molecule is Cc1c(-c2cccc(N(c3ccccc3)c3cccc4ccccc34)c2)oc2ccccc12. The zero-order valence-electron chi connectivity index (χ0n) is 18.4. The van der Waals surface area contributed by atoms with E-state index in [1.165, 1.54) is 16.3 Å². The highest BCUT2D eigenvalue weighted by Crippen LogP contribution is 2.41. The van der Waals surface area contributed by atoms with Crippen molar-refractivity contribution in [3.8, 4) is 11.3 Å². The highest BCUT2D eigenvalue weighted by Gasteiger charge is 2.17. The molecule has 158 valence electrons. The van der Waals surface area contributed by atoms with Crippen molar-refractivity contribution < 1.29 is 4.42 Å². The van der Waals surface area contributed by atoms with Crippen molar-refractivity contribution in [1.82, 2.24) is 0 Å². The van der Waals surface area contributed by atoms with Crippen LogP contribution in [0.15, 0.2) is 126 Å². The van der Waals surface area contributed by atoms with Crippen molar-refractivity contribution >= 4 is 38.8 Å². The van der Waals surface area contributed by atoms with Crippen LogP contribution in [0.3, 0.4) is 0 Å². The number of fused-ring (bicyclic) bond motifs is 2. The van der Waals surface area contributed by atoms with Crippen LogP contribution in [0, 0.1) is 6.92 Å². The molecule has 0 atom stereocenters. The van der Waals surface area contributed by atoms with Gasteiger partial charge in [0.15, 0.2) is 0 Å². The lowest BCUT2D eigenvalue weighted by Crippen LogP contribution is -2.10. The van der Waals surface area contributed by atoms with Crippen molar-refractivity contribution in [1.29, 1.82) is 0 Å². The van der Waals surface area contributed by atoms with E-state index in [1.54, 1.807) is 0 Å². The number of aryl methyl sites for hydroxylation is 1. The lowest BCUT2D eigenvalue weighted by molar-refractivity contribution is 0.629. The number of hydrogen-bond donors (Lipinski definition) is 0. The minimum Gasteiger partial charge on any atom is -0.456 e. The van der Waals surface area contributed by atoms with Crippen LogP contribution in [0.1, 0.15) is 5.56 Å². The van der Waals surface area contributed by atoms with Crippen LogP contribution >= 0.6 is 0 Å². The van der Waals surface area contributed by atoms with Gasteiger partial charge in [-0.15, -0.1) is 0 Å². The monoisotopic (exact) mass is 425 g/mol. The number of rotatable bonds is 4. The first kappa shape index (κ1) is 19.4. The van der Waals surface area contributed by atoms with E-state index in [0.717, 1.165) is 39.4 Å². The van der Waals surface area contributed by atoms with E-state index in [1.807, 2.05) is 12.1 Å². The Labute approximate surface area is 193 Å². The van der Waals surface area contributed by atoms with Gasteiger partial charge in [0.05, 0.1) is 5.69 Å². The van der Waals surface area contributed by atoms with Gasteiger partial charge < -0.3 is 9.32 Å². The Bertz CT molecular complexity index is 1570. The Morgan fingerprint density at radius 3 is 2.09 bits per heavy atom. The fraction of sp³-hybridized carbons (Fsp3) is 0.0323. The first-order valence-electron chi connectivity index (χ1n) is 11.2. The number of furan rings is 1. The molecule has 0 aliphatic heterocycles. The van der Waals surface area contributed by atoms with Crippen molar-refractivity contribution in [2.75, 3.05) is 4.90 Å². The zero-order chi connectivity index (χ0) is 22.2. The number of benzene rings is 5. The topological polar surface area (TPSA) is 16.4 Å². The van der Waals surface area contributed by atoms with Gasteiger partial charge in [-0.3, -0.25) is 0 Å². The third-order valence-corrected chi connectivity index (χ3v) is 6.23. The molecule has 0 fully saturated rings. The summed E-state index contributed by atoms with van der Waals surface area (Å²) >= 11 is 0. The largest absolute Gasteiger partial charge is 0.456 e. The first-order chi connectivity index (χ1) is 16.3. The highest BCUT2D eigenvalue weighted by molar-refractivity contribution is 5.99. The molecule has 0 amide bonds. The minimum atomic E-state index is 0.920. The molecule has 0 bridgehead atoms. The second kappa shape index (κ2) is 7.99. The van der Waals surface area contributed by atoms with Crippen molar-refractivity contribution in [2.45, 2.75) is 6.92 Å². The quantitative estimate of drug-likeness (QED) is 0.280. The number of anilines is 3. The summed E-state index contributed by atoms with van der Waals surface area (Å²) < 4.78 is 6.28. The van der Waals surface area contributed by atoms with Gasteiger partial charge in [0.25, 0.3) is 0 Å². The summed E-state index contributed by atoms with van der Waals surface area (Å²) in [5, 5.41) is 3.60. The molecule has 33 heavy (non-hydrogen) atoms. The molecule has 0 unspecified atom stereocenters. The van der Waals surface area contributed by atoms with Crippen molar-refractivity contribution in [3.05, 3.63) is 127 Å². The third kappa shape index (κ3) is 3.37. The molecule has 0 N–H and O–H groups in total. The normalized spacial score (nSPS) is 11.2. The Balaban J connectivity index is 1.56. The molecule has 0 aliphatic rings. The molecule has 2 heteroatoms. The number of hydrogen-bond acceptors (Lipinski definition) is 2. The van der Waals surface area contributed by atoms with Gasteiger partial charge in [-0.1, -0.05) is 84.9 Å². The average Bonchev–Trinajstić information content (AvgIpc) is 3.22. The summed E-state index contributed by atoms with van der Waals surface area (Å²) in [5.74, 6) is 0.920. The van der Waals surface area contributed by atoms with Gasteiger partial charge >= 0.3 is 0 Å². The number of nitrogens with zero attached hydrogens (tertiary/aromatic N) is 1. The Morgan fingerprint density at radius 2 is 1.24 bits per heavy atom. The number of para-hydroxylation sites is 2. The summed E-state index contributed by atoms with van der Waals surface area (Å²) in [7, 11) is 0. The lowest BCUT2D eigenvalue weighted by atomic mass is 10.0. The molecule has 5 aromatic carbocycles. The highest BCUT2D eigenvalue weighted by atomic mass is 16.3. The van der Waals surface area contributed by atoms with Crippen LogP contribution in [0.4, 0.5) is 17.1 Å². The minimum absolute atomic E-state index is 0.920. The fourth-order valence-electron chi connectivity index (χ4n) is 4.64. The van der Waals surface area contributed by atoms with Crippen LogP contribution in [0.25, 0.3) is 33.1 Å². The summed E-state index contributed by atoms with van der Waals surface area (Å²) in [6.45, 7) is 2.13. The van der Waals surface area contributed by atoms with Crippen molar-refractivity contribution in [2.24, 2.45) is 0 Å². The van der Waals surface area contributed by atoms with Gasteiger partial charge in [0, 0.05) is 33.3 Å². The second-order valence-electron chi connectivity index (χ2n) is 8.27. The summed E-state index contributed by atoms with van der Waals surface area (Å²) in [6.07, 6.45) is 0. The fourth-order valence-corrected chi connectivity index (χ4v) is 4.64. The predicted octanol–water partition coefficient (Wildman–Crippen LogP) is 9.03. The molecule has 0 saturated carbocycles. The molecule has 0 radical (unpaired) electrons. The molecule has 6 rings (SSSR count). The molecule has 1 aromatic heterocycles. The van der Waals surface area contributed by atoms with Gasteiger partial charge in [-0.25, -0.2) is 0 Å². The van der Waals surface area contributed by atoms with Crippen LogP contribution in [0.5, 0.6) is 0 Å². The van der Waals surface area contributed by atoms with Crippen molar-refractivity contribution in [3.63, 3.8) is 0 Å². The van der Waals surface area contributed by atoms with E-state index in [-0.39, 0.29) is 0 Å². The molecule has 0 aliphatic carbocycles. The Kier molecular flexibility index (Phi) is 4.70. The maximum Gasteiger partial charge on any atom is 0.138 e. The average molecular weight is 426 g/mol. The van der Waals surface area contributed by atoms with Crippen LogP contribution in [-0.2, 0) is 0 Å². The molecule has 6 aromatic rings. The lowest BCUT2D eigenvalue weighted by Gasteiger charge is -2.27. The Hall–Kier alpha value is -4.30. The molecular weight excluding hydrogens is 402 g/mol. The molecular formula is C31H23NO. The van der Waals surface area contributed by atoms with Crippen LogP contribution in [-0.4, -0.2) is 0 Å².